The summed E-state index contributed by atoms with van der Waals surface area (Å²) in [6.07, 6.45) is 0.238. The summed E-state index contributed by atoms with van der Waals surface area (Å²) >= 11 is 1.72. The molecular weight excluding hydrogens is 356 g/mol. The second kappa shape index (κ2) is 6.24. The molecule has 3 aromatic heterocycles. The summed E-state index contributed by atoms with van der Waals surface area (Å²) in [5.41, 5.74) is 0.700. The van der Waals surface area contributed by atoms with Crippen LogP contribution in [0.25, 0.3) is 0 Å². The minimum Gasteiger partial charge on any atom is -0.415 e. The van der Waals surface area contributed by atoms with Crippen molar-refractivity contribution in [3.8, 4) is 0 Å². The molecule has 3 aromatic rings. The summed E-state index contributed by atoms with van der Waals surface area (Å²) in [6.45, 7) is 1.83. The van der Waals surface area contributed by atoms with Crippen LogP contribution in [0.5, 0.6) is 0 Å². The molecule has 11 heteroatoms. The second-order valence-electron chi connectivity index (χ2n) is 4.25. The van der Waals surface area contributed by atoms with Gasteiger partial charge in [0, 0.05) is 5.38 Å². The fourth-order valence-corrected chi connectivity index (χ4v) is 2.99. The zero-order valence-corrected chi connectivity index (χ0v) is 12.9. The van der Waals surface area contributed by atoms with Crippen molar-refractivity contribution in [2.45, 2.75) is 23.5 Å². The summed E-state index contributed by atoms with van der Waals surface area (Å²) in [7, 11) is 0. The lowest BCUT2D eigenvalue weighted by atomic mass is 10.3. The third-order valence-corrected chi connectivity index (χ3v) is 4.32. The van der Waals surface area contributed by atoms with E-state index in [0.29, 0.717) is 5.69 Å². The van der Waals surface area contributed by atoms with Gasteiger partial charge in [0.2, 0.25) is 5.89 Å². The third kappa shape index (κ3) is 3.34. The predicted octanol–water partition coefficient (Wildman–Crippen LogP) is 3.53. The number of thiazole rings is 1. The van der Waals surface area contributed by atoms with Crippen LogP contribution in [0.1, 0.15) is 16.6 Å². The molecule has 120 valence electrons. The van der Waals surface area contributed by atoms with Crippen molar-refractivity contribution in [2.24, 2.45) is 0 Å². The molecule has 0 N–H and O–H groups in total. The molecule has 0 spiro atoms. The molecule has 0 aliphatic heterocycles. The van der Waals surface area contributed by atoms with E-state index >= 15 is 0 Å². The van der Waals surface area contributed by atoms with Gasteiger partial charge in [0.15, 0.2) is 11.6 Å². The maximum absolute atomic E-state index is 13.5. The van der Waals surface area contributed by atoms with Crippen LogP contribution in [0, 0.1) is 30.5 Å². The Morgan fingerprint density at radius 3 is 2.39 bits per heavy atom. The van der Waals surface area contributed by atoms with Crippen LogP contribution in [0.4, 0.5) is 17.6 Å². The van der Waals surface area contributed by atoms with E-state index in [-0.39, 0.29) is 29.3 Å². The highest BCUT2D eigenvalue weighted by molar-refractivity contribution is 7.99. The van der Waals surface area contributed by atoms with Gasteiger partial charge in [-0.25, -0.2) is 13.8 Å². The number of rotatable bonds is 4. The van der Waals surface area contributed by atoms with Crippen molar-refractivity contribution in [2.75, 3.05) is 0 Å². The van der Waals surface area contributed by atoms with Crippen LogP contribution in [-0.2, 0) is 6.42 Å². The standard InChI is InChI=1S/C12H6F4N4OS2/c1-4-17-5(3-22-4)2-6-19-20-12(21-6)23-9-7(13)10(15)18-11(16)8(9)14/h3H,2H2,1H3. The van der Waals surface area contributed by atoms with E-state index in [1.165, 1.54) is 11.3 Å². The Bertz CT molecular complexity index is 841. The predicted molar refractivity (Wildman–Crippen MR) is 72.1 cm³/mol. The Morgan fingerprint density at radius 2 is 1.78 bits per heavy atom. The van der Waals surface area contributed by atoms with Crippen LogP contribution in [0.3, 0.4) is 0 Å². The number of halogens is 4. The molecule has 0 atom stereocenters. The minimum atomic E-state index is -1.75. The molecule has 0 aromatic carbocycles. The molecule has 0 radical (unpaired) electrons. The van der Waals surface area contributed by atoms with Crippen LogP contribution in [0.2, 0.25) is 0 Å². The van der Waals surface area contributed by atoms with E-state index in [2.05, 4.69) is 20.2 Å². The first kappa shape index (κ1) is 15.9. The zero-order valence-electron chi connectivity index (χ0n) is 11.3. The first-order valence-corrected chi connectivity index (χ1v) is 7.75. The van der Waals surface area contributed by atoms with Gasteiger partial charge in [-0.1, -0.05) is 0 Å². The molecule has 0 saturated heterocycles. The maximum Gasteiger partial charge on any atom is 0.281 e. The lowest BCUT2D eigenvalue weighted by Gasteiger charge is -2.02. The normalized spacial score (nSPS) is 11.2. The molecule has 0 fully saturated rings. The molecule has 23 heavy (non-hydrogen) atoms. The van der Waals surface area contributed by atoms with Crippen LogP contribution in [0.15, 0.2) is 19.9 Å². The first-order valence-electron chi connectivity index (χ1n) is 6.05. The molecule has 0 unspecified atom stereocenters. The highest BCUT2D eigenvalue weighted by atomic mass is 32.2. The van der Waals surface area contributed by atoms with E-state index < -0.39 is 28.4 Å². The maximum atomic E-state index is 13.5. The van der Waals surface area contributed by atoms with Crippen molar-refractivity contribution in [3.05, 3.63) is 45.5 Å². The minimum absolute atomic E-state index is 0.161. The molecule has 0 bridgehead atoms. The summed E-state index contributed by atoms with van der Waals surface area (Å²) in [6, 6.07) is 0. The Hall–Kier alpha value is -2.01. The smallest absolute Gasteiger partial charge is 0.281 e. The van der Waals surface area contributed by atoms with Crippen molar-refractivity contribution in [3.63, 3.8) is 0 Å². The molecule has 0 aliphatic rings. The highest BCUT2D eigenvalue weighted by Gasteiger charge is 2.23. The first-order chi connectivity index (χ1) is 10.9. The monoisotopic (exact) mass is 362 g/mol. The fourth-order valence-electron chi connectivity index (χ4n) is 1.64. The van der Waals surface area contributed by atoms with Gasteiger partial charge in [-0.3, -0.25) is 0 Å². The SMILES string of the molecule is Cc1nc(Cc2nnc(Sc3c(F)c(F)nc(F)c3F)o2)cs1. The van der Waals surface area contributed by atoms with Gasteiger partial charge >= 0.3 is 0 Å². The van der Waals surface area contributed by atoms with E-state index in [4.69, 9.17) is 4.42 Å². The highest BCUT2D eigenvalue weighted by Crippen LogP contribution is 2.32. The lowest BCUT2D eigenvalue weighted by Crippen LogP contribution is -2.01. The topological polar surface area (TPSA) is 64.7 Å². The Kier molecular flexibility index (Phi) is 4.31. The molecular formula is C12H6F4N4OS2. The second-order valence-corrected chi connectivity index (χ2v) is 6.27. The molecule has 0 aliphatic carbocycles. The van der Waals surface area contributed by atoms with Crippen LogP contribution in [-0.4, -0.2) is 20.2 Å². The quantitative estimate of drug-likeness (QED) is 0.523. The average Bonchev–Trinajstić information content (AvgIpc) is 3.11. The number of aryl methyl sites for hydroxylation is 1. The number of aromatic nitrogens is 4. The largest absolute Gasteiger partial charge is 0.415 e. The molecule has 0 saturated carbocycles. The van der Waals surface area contributed by atoms with Crippen molar-refractivity contribution in [1.29, 1.82) is 0 Å². The molecule has 5 nitrogen and oxygen atoms in total. The number of nitrogens with zero attached hydrogens (tertiary/aromatic N) is 4. The Balaban J connectivity index is 1.82. The summed E-state index contributed by atoms with van der Waals surface area (Å²) in [5, 5.41) is 9.69. The van der Waals surface area contributed by atoms with Gasteiger partial charge in [-0.2, -0.15) is 13.8 Å². The van der Waals surface area contributed by atoms with Gasteiger partial charge < -0.3 is 4.42 Å². The van der Waals surface area contributed by atoms with Crippen LogP contribution < -0.4 is 0 Å². The molecule has 3 heterocycles. The summed E-state index contributed by atoms with van der Waals surface area (Å²) < 4.78 is 58.3. The Labute approximate surface area is 134 Å². The van der Waals surface area contributed by atoms with E-state index in [9.17, 15) is 17.6 Å². The number of pyridine rings is 1. The van der Waals surface area contributed by atoms with Crippen molar-refractivity contribution < 1.29 is 22.0 Å². The average molecular weight is 362 g/mol. The molecule has 3 rings (SSSR count). The van der Waals surface area contributed by atoms with E-state index in [1.807, 2.05) is 6.92 Å². The van der Waals surface area contributed by atoms with Crippen molar-refractivity contribution in [1.82, 2.24) is 20.2 Å². The number of hydrogen-bond donors (Lipinski definition) is 0. The third-order valence-electron chi connectivity index (χ3n) is 2.59. The summed E-state index contributed by atoms with van der Waals surface area (Å²) in [4.78, 5) is 5.74. The number of hydrogen-bond acceptors (Lipinski definition) is 7. The molecule has 0 amide bonds. The zero-order chi connectivity index (χ0) is 16.6. The van der Waals surface area contributed by atoms with Gasteiger partial charge in [0.25, 0.3) is 17.1 Å². The van der Waals surface area contributed by atoms with Gasteiger partial charge in [0.05, 0.1) is 22.0 Å². The van der Waals surface area contributed by atoms with Gasteiger partial charge in [-0.15, -0.1) is 21.5 Å². The van der Waals surface area contributed by atoms with Crippen LogP contribution >= 0.6 is 23.1 Å². The van der Waals surface area contributed by atoms with E-state index in [1.54, 1.807) is 5.38 Å². The van der Waals surface area contributed by atoms with Gasteiger partial charge in [0.1, 0.15) is 0 Å². The van der Waals surface area contributed by atoms with Gasteiger partial charge in [-0.05, 0) is 18.7 Å². The fraction of sp³-hybridized carbons (Fsp3) is 0.167. The van der Waals surface area contributed by atoms with E-state index in [0.717, 1.165) is 5.01 Å². The summed E-state index contributed by atoms with van der Waals surface area (Å²) in [5.74, 6) is -6.57. The lowest BCUT2D eigenvalue weighted by molar-refractivity contribution is 0.380. The Morgan fingerprint density at radius 1 is 1.09 bits per heavy atom. The van der Waals surface area contributed by atoms with Crippen molar-refractivity contribution >= 4 is 23.1 Å².